The predicted molar refractivity (Wildman–Crippen MR) is 91.1 cm³/mol. The van der Waals surface area contributed by atoms with E-state index in [1.165, 1.54) is 14.2 Å². The van der Waals surface area contributed by atoms with Crippen molar-refractivity contribution in [3.63, 3.8) is 0 Å². The SMILES string of the molecule is COC(=O)c1c(/C=C/c2ccccc2)oc(N(C)C)c1C(=O)OC. The molecule has 0 aliphatic carbocycles. The summed E-state index contributed by atoms with van der Waals surface area (Å²) in [6, 6.07) is 9.52. The third-order valence-corrected chi connectivity index (χ3v) is 3.33. The Hall–Kier alpha value is -3.02. The third kappa shape index (κ3) is 3.48. The summed E-state index contributed by atoms with van der Waals surface area (Å²) in [4.78, 5) is 25.9. The molecule has 2 rings (SSSR count). The van der Waals surface area contributed by atoms with Gasteiger partial charge in [0.05, 0.1) is 14.2 Å². The Kier molecular flexibility index (Phi) is 5.42. The molecule has 0 spiro atoms. The van der Waals surface area contributed by atoms with Crippen molar-refractivity contribution >= 4 is 30.0 Å². The number of benzene rings is 1. The Morgan fingerprint density at radius 2 is 1.54 bits per heavy atom. The molecule has 1 aromatic carbocycles. The molecule has 0 unspecified atom stereocenters. The maximum absolute atomic E-state index is 12.2. The Morgan fingerprint density at radius 3 is 2.08 bits per heavy atom. The topological polar surface area (TPSA) is 69.0 Å². The molecule has 0 aliphatic rings. The molecule has 0 saturated heterocycles. The van der Waals surface area contributed by atoms with Crippen molar-refractivity contribution in [2.75, 3.05) is 33.2 Å². The molecule has 0 N–H and O–H groups in total. The van der Waals surface area contributed by atoms with Crippen LogP contribution in [0.4, 0.5) is 5.88 Å². The number of rotatable bonds is 5. The van der Waals surface area contributed by atoms with E-state index in [4.69, 9.17) is 13.9 Å². The van der Waals surface area contributed by atoms with Crippen LogP contribution in [0.2, 0.25) is 0 Å². The van der Waals surface area contributed by atoms with Gasteiger partial charge in [-0.25, -0.2) is 9.59 Å². The number of carbonyl (C=O) groups excluding carboxylic acids is 2. The van der Waals surface area contributed by atoms with Gasteiger partial charge >= 0.3 is 11.9 Å². The molecular formula is C18H19NO5. The van der Waals surface area contributed by atoms with Gasteiger partial charge in [0.2, 0.25) is 5.88 Å². The van der Waals surface area contributed by atoms with Crippen LogP contribution in [0, 0.1) is 0 Å². The summed E-state index contributed by atoms with van der Waals surface area (Å²) in [5, 5.41) is 0. The number of esters is 2. The zero-order valence-corrected chi connectivity index (χ0v) is 14.0. The van der Waals surface area contributed by atoms with Crippen molar-refractivity contribution in [1.82, 2.24) is 0 Å². The van der Waals surface area contributed by atoms with Crippen molar-refractivity contribution in [3.8, 4) is 0 Å². The molecule has 0 amide bonds. The molecular weight excluding hydrogens is 310 g/mol. The molecule has 0 saturated carbocycles. The van der Waals surface area contributed by atoms with E-state index in [9.17, 15) is 9.59 Å². The molecule has 0 atom stereocenters. The van der Waals surface area contributed by atoms with E-state index in [0.29, 0.717) is 0 Å². The number of anilines is 1. The first-order valence-corrected chi connectivity index (χ1v) is 7.23. The molecule has 0 aliphatic heterocycles. The average Bonchev–Trinajstić information content (AvgIpc) is 2.99. The van der Waals surface area contributed by atoms with Crippen LogP contribution < -0.4 is 4.90 Å². The molecule has 0 bridgehead atoms. The Labute approximate surface area is 140 Å². The van der Waals surface area contributed by atoms with Gasteiger partial charge in [-0.15, -0.1) is 0 Å². The highest BCUT2D eigenvalue weighted by atomic mass is 16.5. The monoisotopic (exact) mass is 329 g/mol. The first-order chi connectivity index (χ1) is 11.5. The molecule has 2 aromatic rings. The van der Waals surface area contributed by atoms with Crippen LogP contribution in [-0.2, 0) is 9.47 Å². The zero-order valence-electron chi connectivity index (χ0n) is 14.0. The van der Waals surface area contributed by atoms with Crippen LogP contribution in [0.1, 0.15) is 32.0 Å². The first kappa shape index (κ1) is 17.3. The van der Waals surface area contributed by atoms with E-state index >= 15 is 0 Å². The number of nitrogens with zero attached hydrogens (tertiary/aromatic N) is 1. The quantitative estimate of drug-likeness (QED) is 0.785. The largest absolute Gasteiger partial charge is 0.465 e. The summed E-state index contributed by atoms with van der Waals surface area (Å²) in [6.07, 6.45) is 3.41. The van der Waals surface area contributed by atoms with Gasteiger partial charge in [0.25, 0.3) is 0 Å². The van der Waals surface area contributed by atoms with Gasteiger partial charge in [-0.3, -0.25) is 0 Å². The van der Waals surface area contributed by atoms with Gasteiger partial charge in [-0.2, -0.15) is 0 Å². The minimum atomic E-state index is -0.667. The number of furan rings is 1. The summed E-state index contributed by atoms with van der Waals surface area (Å²) in [7, 11) is 5.90. The second-order valence-corrected chi connectivity index (χ2v) is 5.14. The van der Waals surface area contributed by atoms with Crippen LogP contribution in [0.25, 0.3) is 12.2 Å². The van der Waals surface area contributed by atoms with Gasteiger partial charge in [-0.05, 0) is 11.6 Å². The van der Waals surface area contributed by atoms with E-state index in [1.54, 1.807) is 31.1 Å². The molecule has 1 aromatic heterocycles. The molecule has 6 nitrogen and oxygen atoms in total. The van der Waals surface area contributed by atoms with Crippen LogP contribution in [0.3, 0.4) is 0 Å². The third-order valence-electron chi connectivity index (χ3n) is 3.33. The highest BCUT2D eigenvalue weighted by molar-refractivity contribution is 6.08. The molecule has 1 heterocycles. The maximum atomic E-state index is 12.2. The summed E-state index contributed by atoms with van der Waals surface area (Å²) in [5.41, 5.74) is 1.01. The molecule has 24 heavy (non-hydrogen) atoms. The van der Waals surface area contributed by atoms with Gasteiger partial charge in [0.1, 0.15) is 16.9 Å². The number of hydrogen-bond acceptors (Lipinski definition) is 6. The highest BCUT2D eigenvalue weighted by Gasteiger charge is 2.31. The molecule has 6 heteroatoms. The molecule has 0 fully saturated rings. The van der Waals surface area contributed by atoms with E-state index in [-0.39, 0.29) is 22.8 Å². The zero-order chi connectivity index (χ0) is 17.7. The molecule has 126 valence electrons. The fourth-order valence-electron chi connectivity index (χ4n) is 2.20. The van der Waals surface area contributed by atoms with Crippen LogP contribution in [0.15, 0.2) is 34.7 Å². The van der Waals surface area contributed by atoms with E-state index in [0.717, 1.165) is 5.56 Å². The highest BCUT2D eigenvalue weighted by Crippen LogP contribution is 2.32. The fourth-order valence-corrected chi connectivity index (χ4v) is 2.20. The van der Waals surface area contributed by atoms with Crippen molar-refractivity contribution in [2.24, 2.45) is 0 Å². The van der Waals surface area contributed by atoms with Gasteiger partial charge < -0.3 is 18.8 Å². The standard InChI is InChI=1S/C18H19NO5/c1-19(2)16-15(18(21)23-4)14(17(20)22-3)13(24-16)11-10-12-8-6-5-7-9-12/h5-11H,1-4H3/b11-10+. The molecule has 0 radical (unpaired) electrons. The smallest absolute Gasteiger partial charge is 0.344 e. The summed E-state index contributed by atoms with van der Waals surface area (Å²) >= 11 is 0. The minimum Gasteiger partial charge on any atom is -0.465 e. The predicted octanol–water partition coefficient (Wildman–Crippen LogP) is 3.09. The van der Waals surface area contributed by atoms with Crippen LogP contribution >= 0.6 is 0 Å². The minimum absolute atomic E-state index is 0.0419. The lowest BCUT2D eigenvalue weighted by molar-refractivity contribution is 0.0557. The van der Waals surface area contributed by atoms with Crippen molar-refractivity contribution in [3.05, 3.63) is 52.8 Å². The maximum Gasteiger partial charge on any atom is 0.344 e. The second kappa shape index (κ2) is 7.50. The lowest BCUT2D eigenvalue weighted by Crippen LogP contribution is -2.16. The normalized spacial score (nSPS) is 10.7. The van der Waals surface area contributed by atoms with Crippen molar-refractivity contribution < 1.29 is 23.5 Å². The lowest BCUT2D eigenvalue weighted by Gasteiger charge is -2.10. The van der Waals surface area contributed by atoms with E-state index < -0.39 is 11.9 Å². The number of methoxy groups -OCH3 is 2. The van der Waals surface area contributed by atoms with Gasteiger partial charge in [-0.1, -0.05) is 36.4 Å². The fraction of sp³-hybridized carbons (Fsp3) is 0.222. The van der Waals surface area contributed by atoms with Gasteiger partial charge in [0.15, 0.2) is 0 Å². The number of ether oxygens (including phenoxy) is 2. The lowest BCUT2D eigenvalue weighted by atomic mass is 10.1. The van der Waals surface area contributed by atoms with E-state index in [2.05, 4.69) is 0 Å². The summed E-state index contributed by atoms with van der Waals surface area (Å²) in [6.45, 7) is 0. The Bertz CT molecular complexity index is 759. The van der Waals surface area contributed by atoms with E-state index in [1.807, 2.05) is 30.3 Å². The number of carbonyl (C=O) groups is 2. The number of hydrogen-bond donors (Lipinski definition) is 0. The second-order valence-electron chi connectivity index (χ2n) is 5.14. The summed E-state index contributed by atoms with van der Waals surface area (Å²) < 4.78 is 15.3. The Morgan fingerprint density at radius 1 is 0.958 bits per heavy atom. The van der Waals surface area contributed by atoms with Crippen molar-refractivity contribution in [2.45, 2.75) is 0 Å². The van der Waals surface area contributed by atoms with Crippen molar-refractivity contribution in [1.29, 1.82) is 0 Å². The Balaban J connectivity index is 2.60. The average molecular weight is 329 g/mol. The first-order valence-electron chi connectivity index (χ1n) is 7.23. The van der Waals surface area contributed by atoms with Crippen LogP contribution in [-0.4, -0.2) is 40.3 Å². The van der Waals surface area contributed by atoms with Gasteiger partial charge in [0, 0.05) is 14.1 Å². The summed E-state index contributed by atoms with van der Waals surface area (Å²) in [5.74, 6) is -0.869. The van der Waals surface area contributed by atoms with Crippen LogP contribution in [0.5, 0.6) is 0 Å².